The van der Waals surface area contributed by atoms with Gasteiger partial charge in [-0.25, -0.2) is 4.79 Å². The van der Waals surface area contributed by atoms with Crippen LogP contribution < -0.4 is 5.32 Å². The molecule has 1 rings (SSSR count). The summed E-state index contributed by atoms with van der Waals surface area (Å²) in [6.07, 6.45) is 19.6. The van der Waals surface area contributed by atoms with Crippen LogP contribution in [0.5, 0.6) is 0 Å². The lowest BCUT2D eigenvalue weighted by Gasteiger charge is -2.26. The van der Waals surface area contributed by atoms with E-state index in [1.165, 1.54) is 6.08 Å². The number of amides is 1. The molecular formula is C37H57NO5S2. The van der Waals surface area contributed by atoms with E-state index in [1.807, 2.05) is 78.2 Å². The lowest BCUT2D eigenvalue weighted by molar-refractivity contribution is -0.143. The van der Waals surface area contributed by atoms with E-state index in [0.29, 0.717) is 18.9 Å². The van der Waals surface area contributed by atoms with Crippen LogP contribution in [-0.2, 0) is 19.1 Å². The van der Waals surface area contributed by atoms with Crippen LogP contribution in [0.15, 0.2) is 71.4 Å². The van der Waals surface area contributed by atoms with E-state index in [2.05, 4.69) is 38.2 Å². The molecule has 0 aromatic carbocycles. The fourth-order valence-electron chi connectivity index (χ4n) is 5.25. The van der Waals surface area contributed by atoms with E-state index in [1.54, 1.807) is 34.6 Å². The number of ether oxygens (including phenoxy) is 1. The van der Waals surface area contributed by atoms with Gasteiger partial charge in [0.05, 0.1) is 6.10 Å². The number of carbonyl (C=O) groups excluding carboxylic acids is 3. The number of ketones is 1. The van der Waals surface area contributed by atoms with Crippen molar-refractivity contribution in [1.82, 2.24) is 5.32 Å². The van der Waals surface area contributed by atoms with Gasteiger partial charge in [-0.05, 0) is 71.6 Å². The van der Waals surface area contributed by atoms with Crippen LogP contribution in [0.1, 0.15) is 82.1 Å². The Morgan fingerprint density at radius 1 is 1.09 bits per heavy atom. The number of rotatable bonds is 18. The van der Waals surface area contributed by atoms with Crippen molar-refractivity contribution in [2.75, 3.05) is 12.8 Å². The molecule has 0 aromatic heterocycles. The molecule has 252 valence electrons. The molecule has 0 saturated heterocycles. The van der Waals surface area contributed by atoms with Crippen LogP contribution in [-0.4, -0.2) is 52.5 Å². The van der Waals surface area contributed by atoms with Gasteiger partial charge in [0.2, 0.25) is 5.91 Å². The van der Waals surface area contributed by atoms with E-state index in [9.17, 15) is 19.5 Å². The number of nitrogens with one attached hydrogen (secondary N) is 1. The fraction of sp³-hybridized carbons (Fsp3) is 0.595. The zero-order chi connectivity index (χ0) is 34.3. The molecule has 6 nitrogen and oxygen atoms in total. The summed E-state index contributed by atoms with van der Waals surface area (Å²) in [5.74, 6) is -0.980. The van der Waals surface area contributed by atoms with Gasteiger partial charge in [-0.3, -0.25) is 9.59 Å². The SMILES string of the molecule is CSSC(C)(C)CNC(=O)/C=C(\C)C[C@H](C)[C@@H](O)[C@H](C)C(=O)[C@H](C)/C=C(C)/C=C/C[C@@H](C)/C=C(C)\C=C\[C@@H]1OC(=O)C=C[C@@H]1C. The average molecular weight is 660 g/mol. The molecular weight excluding hydrogens is 603 g/mol. The Morgan fingerprint density at radius 2 is 1.73 bits per heavy atom. The minimum absolute atomic E-state index is 0.00201. The molecule has 0 radical (unpaired) electrons. The van der Waals surface area contributed by atoms with Crippen LogP contribution in [0.2, 0.25) is 0 Å². The van der Waals surface area contributed by atoms with Crippen molar-refractivity contribution in [2.24, 2.45) is 29.6 Å². The van der Waals surface area contributed by atoms with Crippen molar-refractivity contribution in [3.63, 3.8) is 0 Å². The van der Waals surface area contributed by atoms with Crippen molar-refractivity contribution in [3.8, 4) is 0 Å². The van der Waals surface area contributed by atoms with E-state index in [0.717, 1.165) is 23.1 Å². The maximum atomic E-state index is 13.2. The molecule has 0 unspecified atom stereocenters. The second-order valence-electron chi connectivity index (χ2n) is 13.3. The summed E-state index contributed by atoms with van der Waals surface area (Å²) in [7, 11) is 3.40. The predicted octanol–water partition coefficient (Wildman–Crippen LogP) is 8.22. The number of aliphatic hydroxyl groups is 1. The number of carbonyl (C=O) groups is 3. The quantitative estimate of drug-likeness (QED) is 0.0663. The summed E-state index contributed by atoms with van der Waals surface area (Å²) in [6.45, 7) is 20.4. The zero-order valence-corrected chi connectivity index (χ0v) is 30.9. The molecule has 0 spiro atoms. The van der Waals surface area contributed by atoms with Crippen LogP contribution >= 0.6 is 21.6 Å². The molecule has 2 N–H and O–H groups in total. The second-order valence-corrected chi connectivity index (χ2v) is 16.4. The van der Waals surface area contributed by atoms with Gasteiger partial charge in [-0.15, -0.1) is 0 Å². The van der Waals surface area contributed by atoms with Crippen molar-refractivity contribution in [2.45, 2.75) is 99.0 Å². The minimum atomic E-state index is -0.803. The molecule has 1 amide bonds. The van der Waals surface area contributed by atoms with Gasteiger partial charge in [-0.2, -0.15) is 0 Å². The third-order valence-corrected chi connectivity index (χ3v) is 10.4. The Labute approximate surface area is 280 Å². The lowest BCUT2D eigenvalue weighted by atomic mass is 9.83. The Morgan fingerprint density at radius 3 is 2.38 bits per heavy atom. The number of esters is 1. The normalized spacial score (nSPS) is 21.9. The molecule has 0 aliphatic carbocycles. The number of allylic oxidation sites excluding steroid dienone is 8. The highest BCUT2D eigenvalue weighted by Gasteiger charge is 2.29. The van der Waals surface area contributed by atoms with E-state index >= 15 is 0 Å². The highest BCUT2D eigenvalue weighted by atomic mass is 33.1. The van der Waals surface area contributed by atoms with Crippen LogP contribution in [0.3, 0.4) is 0 Å². The first kappa shape index (κ1) is 40.7. The summed E-state index contributed by atoms with van der Waals surface area (Å²) in [6, 6.07) is 0. The number of aliphatic hydroxyl groups excluding tert-OH is 1. The first-order valence-corrected chi connectivity index (χ1v) is 18.5. The Balaban J connectivity index is 2.62. The lowest BCUT2D eigenvalue weighted by Crippen LogP contribution is -2.35. The number of Topliss-reactive ketones (excluding diaryl/α,β-unsaturated/α-hetero) is 1. The molecule has 0 bridgehead atoms. The number of cyclic esters (lactones) is 1. The molecule has 1 aliphatic rings. The van der Waals surface area contributed by atoms with Gasteiger partial charge in [0, 0.05) is 41.2 Å². The summed E-state index contributed by atoms with van der Waals surface area (Å²) in [5.41, 5.74) is 2.99. The van der Waals surface area contributed by atoms with Gasteiger partial charge < -0.3 is 15.2 Å². The minimum Gasteiger partial charge on any atom is -0.454 e. The Hall–Kier alpha value is -2.29. The standard InChI is InChI=1S/C37H57NO5S2/c1-24(19-26(3)15-17-32-28(5)16-18-34(40)43-32)13-12-14-25(2)20-29(6)35(41)31(8)36(42)30(7)21-27(4)22-33(39)38-23-37(9,10)45-44-11/h12,14-20,22,24,28-32,36,42H,13,21,23H2,1-11H3,(H,38,39)/b14-12+,17-15+,25-20+,26-19-,27-22+/t24-,28+,29-,30+,31-,32+,36-/m1/s1. The van der Waals surface area contributed by atoms with Gasteiger partial charge in [-0.1, -0.05) is 109 Å². The zero-order valence-electron chi connectivity index (χ0n) is 29.3. The molecule has 0 aromatic rings. The van der Waals surface area contributed by atoms with E-state index < -0.39 is 12.0 Å². The maximum absolute atomic E-state index is 13.2. The summed E-state index contributed by atoms with van der Waals surface area (Å²) in [4.78, 5) is 37.1. The fourth-order valence-corrected chi connectivity index (χ4v) is 7.36. The molecule has 7 atom stereocenters. The second kappa shape index (κ2) is 20.1. The van der Waals surface area contributed by atoms with Gasteiger partial charge in [0.1, 0.15) is 11.9 Å². The molecule has 1 heterocycles. The Bertz CT molecular complexity index is 1180. The van der Waals surface area contributed by atoms with Crippen molar-refractivity contribution in [1.29, 1.82) is 0 Å². The first-order chi connectivity index (χ1) is 20.9. The highest BCUT2D eigenvalue weighted by molar-refractivity contribution is 8.77. The predicted molar refractivity (Wildman–Crippen MR) is 193 cm³/mol. The van der Waals surface area contributed by atoms with Crippen LogP contribution in [0, 0.1) is 29.6 Å². The molecule has 8 heteroatoms. The summed E-state index contributed by atoms with van der Waals surface area (Å²) in [5, 5.41) is 13.9. The van der Waals surface area contributed by atoms with Crippen molar-refractivity contribution >= 4 is 39.2 Å². The molecule has 0 saturated carbocycles. The van der Waals surface area contributed by atoms with Crippen LogP contribution in [0.4, 0.5) is 0 Å². The monoisotopic (exact) mass is 659 g/mol. The van der Waals surface area contributed by atoms with Crippen molar-refractivity contribution < 1.29 is 24.2 Å². The largest absolute Gasteiger partial charge is 0.454 e. The van der Waals surface area contributed by atoms with E-state index in [4.69, 9.17) is 4.74 Å². The highest BCUT2D eigenvalue weighted by Crippen LogP contribution is 2.32. The third-order valence-electron chi connectivity index (χ3n) is 7.82. The van der Waals surface area contributed by atoms with Gasteiger partial charge in [0.15, 0.2) is 0 Å². The number of hydrogen-bond acceptors (Lipinski definition) is 7. The average Bonchev–Trinajstić information content (AvgIpc) is 2.95. The number of hydrogen-bond donors (Lipinski definition) is 2. The summed E-state index contributed by atoms with van der Waals surface area (Å²) >= 11 is 0. The maximum Gasteiger partial charge on any atom is 0.331 e. The molecule has 0 fully saturated rings. The smallest absolute Gasteiger partial charge is 0.331 e. The van der Waals surface area contributed by atoms with Crippen molar-refractivity contribution in [3.05, 3.63) is 71.4 Å². The molecule has 45 heavy (non-hydrogen) atoms. The van der Waals surface area contributed by atoms with Gasteiger partial charge in [0.25, 0.3) is 0 Å². The third kappa shape index (κ3) is 16.2. The first-order valence-electron chi connectivity index (χ1n) is 15.9. The topological polar surface area (TPSA) is 92.7 Å². The van der Waals surface area contributed by atoms with Crippen LogP contribution in [0.25, 0.3) is 0 Å². The molecule has 1 aliphatic heterocycles. The van der Waals surface area contributed by atoms with Gasteiger partial charge >= 0.3 is 5.97 Å². The Kier molecular flexibility index (Phi) is 18.2. The van der Waals surface area contributed by atoms with E-state index in [-0.39, 0.29) is 46.3 Å². The summed E-state index contributed by atoms with van der Waals surface area (Å²) < 4.78 is 5.31.